The Morgan fingerprint density at radius 1 is 1.56 bits per heavy atom. The van der Waals surface area contributed by atoms with Crippen LogP contribution in [0.25, 0.3) is 0 Å². The molecule has 0 bridgehead atoms. The van der Waals surface area contributed by atoms with Crippen molar-refractivity contribution in [1.29, 1.82) is 0 Å². The number of nitrogens with one attached hydrogen (secondary N) is 1. The van der Waals surface area contributed by atoms with Crippen LogP contribution in [0.5, 0.6) is 0 Å². The first kappa shape index (κ1) is 11.5. The highest BCUT2D eigenvalue weighted by atomic mass is 32.1. The molecule has 4 nitrogen and oxygen atoms in total. The second kappa shape index (κ2) is 4.51. The second-order valence-corrected chi connectivity index (χ2v) is 5.46. The standard InChI is InChI=1S/C11H17N3OS/c1-7-6-14(5-4-12-7)11(15)10-8(2)13-9(3)16-10/h7,12H,4-6H2,1-3H3. The molecule has 2 rings (SSSR count). The van der Waals surface area contributed by atoms with Gasteiger partial charge in [0, 0.05) is 25.7 Å². The van der Waals surface area contributed by atoms with Crippen LogP contribution in [0.1, 0.15) is 27.3 Å². The third kappa shape index (κ3) is 2.25. The summed E-state index contributed by atoms with van der Waals surface area (Å²) in [5.41, 5.74) is 0.860. The fourth-order valence-corrected chi connectivity index (χ4v) is 2.88. The number of aryl methyl sites for hydroxylation is 2. The molecule has 1 unspecified atom stereocenters. The van der Waals surface area contributed by atoms with Gasteiger partial charge in [0.1, 0.15) is 4.88 Å². The molecule has 0 aromatic carbocycles. The van der Waals surface area contributed by atoms with E-state index in [1.807, 2.05) is 18.7 Å². The van der Waals surface area contributed by atoms with Crippen LogP contribution in [0, 0.1) is 13.8 Å². The number of rotatable bonds is 1. The van der Waals surface area contributed by atoms with Gasteiger partial charge in [-0.25, -0.2) is 4.98 Å². The number of carbonyl (C=O) groups excluding carboxylic acids is 1. The number of thiazole rings is 1. The fourth-order valence-electron chi connectivity index (χ4n) is 1.99. The van der Waals surface area contributed by atoms with Crippen molar-refractivity contribution in [3.05, 3.63) is 15.6 Å². The van der Waals surface area contributed by atoms with Crippen LogP contribution >= 0.6 is 11.3 Å². The van der Waals surface area contributed by atoms with Gasteiger partial charge in [-0.15, -0.1) is 11.3 Å². The van der Waals surface area contributed by atoms with Crippen LogP contribution in [0.3, 0.4) is 0 Å². The predicted molar refractivity (Wildman–Crippen MR) is 65.0 cm³/mol. The molecule has 1 aromatic heterocycles. The first-order valence-corrected chi connectivity index (χ1v) is 6.36. The van der Waals surface area contributed by atoms with Crippen LogP contribution < -0.4 is 5.32 Å². The van der Waals surface area contributed by atoms with E-state index in [1.165, 1.54) is 11.3 Å². The third-order valence-corrected chi connectivity index (χ3v) is 3.81. The van der Waals surface area contributed by atoms with Crippen LogP contribution in [0.15, 0.2) is 0 Å². The van der Waals surface area contributed by atoms with Crippen molar-refractivity contribution in [3.63, 3.8) is 0 Å². The molecule has 0 radical (unpaired) electrons. The minimum Gasteiger partial charge on any atom is -0.335 e. The number of piperazine rings is 1. The van der Waals surface area contributed by atoms with E-state index in [9.17, 15) is 4.79 Å². The van der Waals surface area contributed by atoms with Gasteiger partial charge in [0.25, 0.3) is 5.91 Å². The van der Waals surface area contributed by atoms with Gasteiger partial charge >= 0.3 is 0 Å². The van der Waals surface area contributed by atoms with E-state index in [1.54, 1.807) is 0 Å². The smallest absolute Gasteiger partial charge is 0.265 e. The fraction of sp³-hybridized carbons (Fsp3) is 0.636. The first-order valence-electron chi connectivity index (χ1n) is 5.54. The molecule has 0 saturated carbocycles. The highest BCUT2D eigenvalue weighted by molar-refractivity contribution is 7.13. The van der Waals surface area contributed by atoms with Gasteiger partial charge < -0.3 is 10.2 Å². The zero-order valence-electron chi connectivity index (χ0n) is 9.91. The monoisotopic (exact) mass is 239 g/mol. The van der Waals surface area contributed by atoms with Gasteiger partial charge in [0.15, 0.2) is 0 Å². The summed E-state index contributed by atoms with van der Waals surface area (Å²) in [4.78, 5) is 19.3. The summed E-state index contributed by atoms with van der Waals surface area (Å²) in [6.07, 6.45) is 0. The van der Waals surface area contributed by atoms with E-state index in [0.29, 0.717) is 6.04 Å². The Labute approximate surface area is 99.7 Å². The van der Waals surface area contributed by atoms with Crippen molar-refractivity contribution >= 4 is 17.2 Å². The number of aromatic nitrogens is 1. The molecule has 88 valence electrons. The van der Waals surface area contributed by atoms with Crippen molar-refractivity contribution in [2.45, 2.75) is 26.8 Å². The number of carbonyl (C=O) groups is 1. The lowest BCUT2D eigenvalue weighted by molar-refractivity contribution is 0.0713. The molecule has 16 heavy (non-hydrogen) atoms. The molecule has 0 spiro atoms. The number of hydrogen-bond acceptors (Lipinski definition) is 4. The molecule has 1 N–H and O–H groups in total. The number of amides is 1. The molecular weight excluding hydrogens is 222 g/mol. The highest BCUT2D eigenvalue weighted by Gasteiger charge is 2.24. The van der Waals surface area contributed by atoms with E-state index in [0.717, 1.165) is 35.2 Å². The minimum absolute atomic E-state index is 0.136. The molecule has 1 aliphatic heterocycles. The van der Waals surface area contributed by atoms with Gasteiger partial charge in [-0.1, -0.05) is 0 Å². The molecule has 1 aliphatic rings. The normalized spacial score (nSPS) is 21.2. The maximum absolute atomic E-state index is 12.2. The number of nitrogens with zero attached hydrogens (tertiary/aromatic N) is 2. The molecule has 1 saturated heterocycles. The van der Waals surface area contributed by atoms with Crippen LogP contribution in [-0.2, 0) is 0 Å². The Kier molecular flexibility index (Phi) is 3.25. The highest BCUT2D eigenvalue weighted by Crippen LogP contribution is 2.19. The molecule has 5 heteroatoms. The Morgan fingerprint density at radius 2 is 2.31 bits per heavy atom. The topological polar surface area (TPSA) is 45.2 Å². The van der Waals surface area contributed by atoms with E-state index < -0.39 is 0 Å². The van der Waals surface area contributed by atoms with Crippen molar-refractivity contribution in [3.8, 4) is 0 Å². The first-order chi connectivity index (χ1) is 7.58. The summed E-state index contributed by atoms with van der Waals surface area (Å²) in [5, 5.41) is 4.29. The average molecular weight is 239 g/mol. The lowest BCUT2D eigenvalue weighted by atomic mass is 10.2. The average Bonchev–Trinajstić information content (AvgIpc) is 2.57. The zero-order chi connectivity index (χ0) is 11.7. The molecular formula is C11H17N3OS. The van der Waals surface area contributed by atoms with E-state index >= 15 is 0 Å². The van der Waals surface area contributed by atoms with Gasteiger partial charge in [-0.05, 0) is 20.8 Å². The Balaban J connectivity index is 2.15. The predicted octanol–water partition coefficient (Wildman–Crippen LogP) is 1.19. The molecule has 2 heterocycles. The van der Waals surface area contributed by atoms with Gasteiger partial charge in [0.05, 0.1) is 10.7 Å². The van der Waals surface area contributed by atoms with Crippen molar-refractivity contribution in [2.75, 3.05) is 19.6 Å². The molecule has 0 aliphatic carbocycles. The maximum atomic E-state index is 12.2. The van der Waals surface area contributed by atoms with E-state index in [4.69, 9.17) is 0 Å². The quantitative estimate of drug-likeness (QED) is 0.801. The second-order valence-electron chi connectivity index (χ2n) is 4.25. The van der Waals surface area contributed by atoms with Crippen LogP contribution in [0.4, 0.5) is 0 Å². The minimum atomic E-state index is 0.136. The van der Waals surface area contributed by atoms with Crippen molar-refractivity contribution in [2.24, 2.45) is 0 Å². The Bertz CT molecular complexity index is 402. The van der Waals surface area contributed by atoms with Gasteiger partial charge in [-0.2, -0.15) is 0 Å². The molecule has 1 amide bonds. The molecule has 1 atom stereocenters. The summed E-state index contributed by atoms with van der Waals surface area (Å²) in [5.74, 6) is 0.136. The van der Waals surface area contributed by atoms with Crippen molar-refractivity contribution in [1.82, 2.24) is 15.2 Å². The largest absolute Gasteiger partial charge is 0.335 e. The third-order valence-electron chi connectivity index (χ3n) is 2.75. The number of hydrogen-bond donors (Lipinski definition) is 1. The van der Waals surface area contributed by atoms with Crippen LogP contribution in [-0.4, -0.2) is 41.5 Å². The van der Waals surface area contributed by atoms with Crippen LogP contribution in [0.2, 0.25) is 0 Å². The summed E-state index contributed by atoms with van der Waals surface area (Å²) < 4.78 is 0. The maximum Gasteiger partial charge on any atom is 0.265 e. The summed E-state index contributed by atoms with van der Waals surface area (Å²) in [7, 11) is 0. The molecule has 1 fully saturated rings. The molecule has 1 aromatic rings. The lowest BCUT2D eigenvalue weighted by Gasteiger charge is -2.31. The summed E-state index contributed by atoms with van der Waals surface area (Å²) in [6.45, 7) is 8.40. The summed E-state index contributed by atoms with van der Waals surface area (Å²) in [6, 6.07) is 0.382. The Hall–Kier alpha value is -0.940. The van der Waals surface area contributed by atoms with E-state index in [-0.39, 0.29) is 5.91 Å². The summed E-state index contributed by atoms with van der Waals surface area (Å²) >= 11 is 1.49. The lowest BCUT2D eigenvalue weighted by Crippen LogP contribution is -2.51. The van der Waals surface area contributed by atoms with Gasteiger partial charge in [-0.3, -0.25) is 4.79 Å². The zero-order valence-corrected chi connectivity index (χ0v) is 10.7. The Morgan fingerprint density at radius 3 is 2.88 bits per heavy atom. The van der Waals surface area contributed by atoms with E-state index in [2.05, 4.69) is 17.2 Å². The van der Waals surface area contributed by atoms with Gasteiger partial charge in [0.2, 0.25) is 0 Å². The SMILES string of the molecule is Cc1nc(C)c(C(=O)N2CCNC(C)C2)s1. The van der Waals surface area contributed by atoms with Crippen molar-refractivity contribution < 1.29 is 4.79 Å².